The number of carbonyl (C=O) groups excluding carboxylic acids is 4. The number of amides is 5. The van der Waals surface area contributed by atoms with Gasteiger partial charge >= 0.3 is 6.03 Å². The normalized spacial score (nSPS) is 23.7. The Hall–Kier alpha value is -6.28. The zero-order chi connectivity index (χ0) is 51.5. The predicted molar refractivity (Wildman–Crippen MR) is 263 cm³/mol. The topological polar surface area (TPSA) is 185 Å². The van der Waals surface area contributed by atoms with E-state index in [1.807, 2.05) is 42.2 Å². The number of ether oxygens (including phenoxy) is 2. The van der Waals surface area contributed by atoms with Gasteiger partial charge in [-0.25, -0.2) is 22.4 Å². The van der Waals surface area contributed by atoms with Crippen molar-refractivity contribution in [2.24, 2.45) is 18.7 Å². The third-order valence-electron chi connectivity index (χ3n) is 15.9. The number of anilines is 1. The summed E-state index contributed by atoms with van der Waals surface area (Å²) in [6.45, 7) is 3.99. The van der Waals surface area contributed by atoms with Crippen LogP contribution in [0.25, 0.3) is 22.0 Å². The van der Waals surface area contributed by atoms with E-state index in [2.05, 4.69) is 20.6 Å². The molecule has 5 aromatic rings. The summed E-state index contributed by atoms with van der Waals surface area (Å²) in [5.41, 5.74) is 5.21. The number of urea groups is 1. The fourth-order valence-corrected chi connectivity index (χ4v) is 12.3. The number of imide groups is 1. The quantitative estimate of drug-likeness (QED) is 0.0868. The fourth-order valence-electron chi connectivity index (χ4n) is 12.1. The minimum absolute atomic E-state index is 0.00827. The van der Waals surface area contributed by atoms with Gasteiger partial charge in [-0.3, -0.25) is 34.2 Å². The molecule has 4 aromatic carbocycles. The highest BCUT2D eigenvalue weighted by Gasteiger charge is 2.50. The predicted octanol–water partition coefficient (Wildman–Crippen LogP) is 7.39. The van der Waals surface area contributed by atoms with Crippen molar-refractivity contribution in [1.29, 1.82) is 0 Å². The largest absolute Gasteiger partial charge is 0.488 e. The summed E-state index contributed by atoms with van der Waals surface area (Å²) in [6, 6.07) is 13.8. The van der Waals surface area contributed by atoms with Crippen LogP contribution >= 0.6 is 11.6 Å². The molecule has 1 aromatic heterocycles. The number of aryl methyl sites for hydroxylation is 1. The van der Waals surface area contributed by atoms with E-state index >= 15 is 17.6 Å². The highest BCUT2D eigenvalue weighted by atomic mass is 35.5. The van der Waals surface area contributed by atoms with Crippen molar-refractivity contribution in [2.45, 2.75) is 87.8 Å². The lowest BCUT2D eigenvalue weighted by atomic mass is 9.77. The number of nitrogens with zero attached hydrogens (tertiary/aromatic N) is 5. The van der Waals surface area contributed by atoms with E-state index in [0.29, 0.717) is 70.3 Å². The summed E-state index contributed by atoms with van der Waals surface area (Å²) in [6.07, 6.45) is 4.65. The number of benzene rings is 4. The molecule has 5 aliphatic rings. The average Bonchev–Trinajstić information content (AvgIpc) is 4.08. The Morgan fingerprint density at radius 1 is 0.932 bits per heavy atom. The molecule has 5 heterocycles. The van der Waals surface area contributed by atoms with Gasteiger partial charge in [0, 0.05) is 91.9 Å². The Labute approximate surface area is 423 Å². The van der Waals surface area contributed by atoms with Crippen LogP contribution < -0.4 is 30.7 Å². The SMILES string of the molecule is CC1c2c(cc(F)c(Cl)c2-c2c(C(N)=O)ccc(OCCO)c2F)OC1(CNC1CCC(C(=O)N2CCC(N3CCC(c4c(F)cc5c(N6CCC(=O)NC6=O)nn(C)c5c4F)CC3)C2)CC1)c1ccccc1. The minimum atomic E-state index is -1.15. The molecule has 10 rings (SSSR count). The molecule has 73 heavy (non-hydrogen) atoms. The van der Waals surface area contributed by atoms with Crippen LogP contribution in [-0.2, 0) is 22.2 Å². The summed E-state index contributed by atoms with van der Waals surface area (Å²) in [5.74, 6) is -5.71. The number of nitrogens with one attached hydrogen (secondary N) is 2. The summed E-state index contributed by atoms with van der Waals surface area (Å²) >= 11 is 6.71. The standard InChI is InChI=1S/C53H57ClF4N8O7/c1-28-41-39(25-37(56)45(54)44(41)43-34(49(59)69)12-13-38(46(43)57)72-23-22-67)73-53(28,31-6-4-3-5-7-31)27-60-32-10-8-30(9-11-32)51(70)65-20-16-33(26-65)64-18-14-29(15-19-64)42-36(55)24-35-48(47(42)58)63(2)62-50(35)66-21-17-40(68)61-52(66)71/h3-7,12-13,24-25,28-30,32-33,60,67H,8-11,14-23,26-27H2,1-2H3,(H2,59,69)(H,61,68,71). The van der Waals surface area contributed by atoms with E-state index < -0.39 is 64.3 Å². The zero-order valence-electron chi connectivity index (χ0n) is 40.5. The van der Waals surface area contributed by atoms with Crippen LogP contribution in [0.4, 0.5) is 28.2 Å². The first kappa shape index (κ1) is 50.3. The molecule has 1 aliphatic carbocycles. The molecule has 20 heteroatoms. The molecule has 4 fully saturated rings. The van der Waals surface area contributed by atoms with Gasteiger partial charge in [0.05, 0.1) is 22.6 Å². The van der Waals surface area contributed by atoms with E-state index in [0.717, 1.165) is 12.0 Å². The van der Waals surface area contributed by atoms with E-state index in [-0.39, 0.29) is 106 Å². The molecule has 5 N–H and O–H groups in total. The second-order valence-corrected chi connectivity index (χ2v) is 20.3. The first-order valence-electron chi connectivity index (χ1n) is 24.9. The number of aliphatic hydroxyl groups excluding tert-OH is 1. The third kappa shape index (κ3) is 9.05. The number of likely N-dealkylation sites (tertiary alicyclic amines) is 2. The smallest absolute Gasteiger partial charge is 0.329 e. The number of aromatic nitrogens is 2. The first-order valence-corrected chi connectivity index (χ1v) is 25.3. The minimum Gasteiger partial charge on any atom is -0.488 e. The molecule has 0 radical (unpaired) electrons. The third-order valence-corrected chi connectivity index (χ3v) is 16.3. The number of rotatable bonds is 13. The van der Waals surface area contributed by atoms with Crippen LogP contribution in [0, 0.1) is 29.2 Å². The number of hydrogen-bond acceptors (Lipinski definition) is 10. The zero-order valence-corrected chi connectivity index (χ0v) is 41.3. The lowest BCUT2D eigenvalue weighted by Crippen LogP contribution is -2.49. The van der Waals surface area contributed by atoms with E-state index in [1.54, 1.807) is 7.05 Å². The Balaban J connectivity index is 0.777. The van der Waals surface area contributed by atoms with Crippen molar-refractivity contribution in [2.75, 3.05) is 57.4 Å². The molecule has 1 saturated carbocycles. The maximum Gasteiger partial charge on any atom is 0.329 e. The van der Waals surface area contributed by atoms with Gasteiger partial charge in [-0.05, 0) is 87.7 Å². The Bertz CT molecular complexity index is 3000. The van der Waals surface area contributed by atoms with Crippen LogP contribution in [0.1, 0.15) is 97.2 Å². The van der Waals surface area contributed by atoms with Gasteiger partial charge in [0.15, 0.2) is 28.8 Å². The molecule has 4 aliphatic heterocycles. The molecule has 3 atom stereocenters. The molecular weight excluding hydrogens is 972 g/mol. The van der Waals surface area contributed by atoms with Crippen molar-refractivity contribution in [3.8, 4) is 22.6 Å². The Kier molecular flexibility index (Phi) is 13.9. The van der Waals surface area contributed by atoms with Gasteiger partial charge in [-0.15, -0.1) is 0 Å². The van der Waals surface area contributed by atoms with Crippen LogP contribution in [0.5, 0.6) is 11.5 Å². The second kappa shape index (κ2) is 20.2. The second-order valence-electron chi connectivity index (χ2n) is 19.9. The number of carbonyl (C=O) groups is 4. The van der Waals surface area contributed by atoms with Gasteiger partial charge in [-0.2, -0.15) is 5.10 Å². The molecule has 3 unspecified atom stereocenters. The summed E-state index contributed by atoms with van der Waals surface area (Å²) in [7, 11) is 1.55. The number of aliphatic hydroxyl groups is 1. The lowest BCUT2D eigenvalue weighted by Gasteiger charge is -2.38. The number of halogens is 5. The van der Waals surface area contributed by atoms with E-state index in [9.17, 15) is 24.3 Å². The number of fused-ring (bicyclic) bond motifs is 2. The van der Waals surface area contributed by atoms with Crippen molar-refractivity contribution < 1.29 is 51.3 Å². The van der Waals surface area contributed by atoms with E-state index in [1.165, 1.54) is 33.8 Å². The summed E-state index contributed by atoms with van der Waals surface area (Å²) in [5, 5.41) is 19.4. The summed E-state index contributed by atoms with van der Waals surface area (Å²) < 4.78 is 78.1. The number of primary amides is 1. The van der Waals surface area contributed by atoms with Crippen LogP contribution in [-0.4, -0.2) is 113 Å². The van der Waals surface area contributed by atoms with Crippen LogP contribution in [0.3, 0.4) is 0 Å². The average molecular weight is 1030 g/mol. The highest BCUT2D eigenvalue weighted by Crippen LogP contribution is 2.56. The fraction of sp³-hybridized carbons (Fsp3) is 0.453. The molecule has 3 saturated heterocycles. The number of piperidine rings is 1. The monoisotopic (exact) mass is 1030 g/mol. The molecule has 0 spiro atoms. The number of hydrogen-bond donors (Lipinski definition) is 4. The van der Waals surface area contributed by atoms with Crippen molar-refractivity contribution in [1.82, 2.24) is 30.2 Å². The van der Waals surface area contributed by atoms with Gasteiger partial charge in [-0.1, -0.05) is 48.9 Å². The van der Waals surface area contributed by atoms with Gasteiger partial charge in [0.1, 0.15) is 29.5 Å². The van der Waals surface area contributed by atoms with Crippen molar-refractivity contribution in [3.05, 3.63) is 105 Å². The number of nitrogens with two attached hydrogens (primary N) is 1. The Morgan fingerprint density at radius 2 is 1.67 bits per heavy atom. The van der Waals surface area contributed by atoms with Crippen LogP contribution in [0.2, 0.25) is 5.02 Å². The molecule has 15 nitrogen and oxygen atoms in total. The van der Waals surface area contributed by atoms with Crippen LogP contribution in [0.15, 0.2) is 54.6 Å². The van der Waals surface area contributed by atoms with Crippen molar-refractivity contribution >= 4 is 52.1 Å². The van der Waals surface area contributed by atoms with Gasteiger partial charge in [0.25, 0.3) is 0 Å². The highest BCUT2D eigenvalue weighted by molar-refractivity contribution is 6.34. The van der Waals surface area contributed by atoms with Crippen molar-refractivity contribution in [3.63, 3.8) is 0 Å². The Morgan fingerprint density at radius 3 is 2.37 bits per heavy atom. The maximum atomic E-state index is 16.5. The molecule has 386 valence electrons. The van der Waals surface area contributed by atoms with Gasteiger partial charge < -0.3 is 30.5 Å². The van der Waals surface area contributed by atoms with E-state index in [4.69, 9.17) is 26.8 Å². The molecule has 5 amide bonds. The lowest BCUT2D eigenvalue weighted by molar-refractivity contribution is -0.135. The summed E-state index contributed by atoms with van der Waals surface area (Å²) in [4.78, 5) is 56.7. The molecular formula is C53H57ClF4N8O7. The first-order chi connectivity index (χ1) is 35.1. The van der Waals surface area contributed by atoms with Gasteiger partial charge in [0.2, 0.25) is 17.7 Å². The maximum absolute atomic E-state index is 16.5. The molecule has 0 bridgehead atoms.